The van der Waals surface area contributed by atoms with Gasteiger partial charge in [0.1, 0.15) is 0 Å². The zero-order chi connectivity index (χ0) is 18.4. The minimum absolute atomic E-state index is 0.0210. The van der Waals surface area contributed by atoms with Crippen LogP contribution >= 0.6 is 0 Å². The lowest BCUT2D eigenvalue weighted by Crippen LogP contribution is -2.26. The minimum atomic E-state index is -0.675. The van der Waals surface area contributed by atoms with Gasteiger partial charge in [0.2, 0.25) is 0 Å². The molecule has 4 rings (SSSR count). The van der Waals surface area contributed by atoms with Crippen molar-refractivity contribution in [3.63, 3.8) is 0 Å². The maximum atomic E-state index is 11.7. The fourth-order valence-electron chi connectivity index (χ4n) is 4.47. The van der Waals surface area contributed by atoms with Gasteiger partial charge in [0, 0.05) is 11.8 Å². The third kappa shape index (κ3) is 3.89. The van der Waals surface area contributed by atoms with Crippen molar-refractivity contribution >= 4 is 11.9 Å². The van der Waals surface area contributed by atoms with Crippen molar-refractivity contribution in [2.45, 2.75) is 75.8 Å². The molecule has 0 N–H and O–H groups in total. The number of ether oxygens (including phenoxy) is 4. The summed E-state index contributed by atoms with van der Waals surface area (Å²) in [6.45, 7) is 4.89. The summed E-state index contributed by atoms with van der Waals surface area (Å²) in [4.78, 5) is 23.4. The highest BCUT2D eigenvalue weighted by Crippen LogP contribution is 2.50. The van der Waals surface area contributed by atoms with Crippen LogP contribution in [0.5, 0.6) is 0 Å². The predicted molar refractivity (Wildman–Crippen MR) is 90.9 cm³/mol. The molecule has 6 heteroatoms. The lowest BCUT2D eigenvalue weighted by Gasteiger charge is -2.22. The summed E-state index contributed by atoms with van der Waals surface area (Å²) in [6, 6.07) is 0. The molecule has 2 saturated carbocycles. The summed E-state index contributed by atoms with van der Waals surface area (Å²) in [5.74, 6) is 3.71. The van der Waals surface area contributed by atoms with Crippen molar-refractivity contribution < 1.29 is 28.5 Å². The van der Waals surface area contributed by atoms with E-state index in [4.69, 9.17) is 18.9 Å². The van der Waals surface area contributed by atoms with Crippen molar-refractivity contribution in [1.29, 1.82) is 0 Å². The molecule has 0 aromatic heterocycles. The normalized spacial score (nSPS) is 42.4. The first-order chi connectivity index (χ1) is 12.4. The molecule has 0 radical (unpaired) electrons. The second-order valence-electron chi connectivity index (χ2n) is 8.57. The molecule has 6 nitrogen and oxygen atoms in total. The zero-order valence-corrected chi connectivity index (χ0v) is 15.4. The molecule has 0 bridgehead atoms. The lowest BCUT2D eigenvalue weighted by atomic mass is 9.83. The minimum Gasteiger partial charge on any atom is -0.456 e. The van der Waals surface area contributed by atoms with Crippen LogP contribution in [0.1, 0.15) is 52.4 Å². The number of carbonyl (C=O) groups excluding carboxylic acids is 2. The topological polar surface area (TPSA) is 77.7 Å². The molecule has 4 fully saturated rings. The smallest absolute Gasteiger partial charge is 0.384 e. The summed E-state index contributed by atoms with van der Waals surface area (Å²) in [5, 5.41) is 0. The Kier molecular flexibility index (Phi) is 4.48. The van der Waals surface area contributed by atoms with Gasteiger partial charge < -0.3 is 18.9 Å². The van der Waals surface area contributed by atoms with Gasteiger partial charge in [-0.2, -0.15) is 0 Å². The highest BCUT2D eigenvalue weighted by molar-refractivity contribution is 5.98. The van der Waals surface area contributed by atoms with E-state index in [0.29, 0.717) is 37.3 Å². The monoisotopic (exact) mass is 362 g/mol. The Morgan fingerprint density at radius 1 is 0.923 bits per heavy atom. The molecular formula is C20H26O6. The highest BCUT2D eigenvalue weighted by Gasteiger charge is 2.56. The van der Waals surface area contributed by atoms with Crippen LogP contribution in [0.25, 0.3) is 0 Å². The molecule has 2 saturated heterocycles. The van der Waals surface area contributed by atoms with Crippen LogP contribution in [0.4, 0.5) is 0 Å². The van der Waals surface area contributed by atoms with Crippen LogP contribution in [0.2, 0.25) is 0 Å². The molecule has 2 heterocycles. The standard InChI is InChI=1S/C20H26O6/c1-19-8-7-13(9-16(19)26-19)11-23-17(21)5-6-18(22)24-12-14-3-4-15-20(2,10-14)25-15/h13-16H,3-4,7-12H2,1-2H3. The number of hydrogen-bond acceptors (Lipinski definition) is 6. The van der Waals surface area contributed by atoms with Crippen LogP contribution in [0.3, 0.4) is 0 Å². The van der Waals surface area contributed by atoms with Crippen LogP contribution in [0, 0.1) is 23.7 Å². The maximum Gasteiger partial charge on any atom is 0.384 e. The van der Waals surface area contributed by atoms with Crippen molar-refractivity contribution in [3.8, 4) is 11.8 Å². The summed E-state index contributed by atoms with van der Waals surface area (Å²) >= 11 is 0. The third-order valence-electron chi connectivity index (χ3n) is 6.37. The second kappa shape index (κ2) is 6.54. The molecular weight excluding hydrogens is 336 g/mol. The average Bonchev–Trinajstić information content (AvgIpc) is 3.48. The highest BCUT2D eigenvalue weighted by atomic mass is 16.6. The number of fused-ring (bicyclic) bond motifs is 2. The van der Waals surface area contributed by atoms with Crippen LogP contribution in [-0.2, 0) is 28.5 Å². The van der Waals surface area contributed by atoms with Gasteiger partial charge in [0.25, 0.3) is 0 Å². The Labute approximate surface area is 153 Å². The quantitative estimate of drug-likeness (QED) is 0.329. The van der Waals surface area contributed by atoms with E-state index in [1.54, 1.807) is 0 Å². The van der Waals surface area contributed by atoms with E-state index in [1.165, 1.54) is 0 Å². The first-order valence-electron chi connectivity index (χ1n) is 9.57. The van der Waals surface area contributed by atoms with E-state index in [-0.39, 0.29) is 11.2 Å². The SMILES string of the molecule is CC12CCC(COC(=O)C#CC(=O)OCC3CCC4OC4(C)C3)CC1O2. The van der Waals surface area contributed by atoms with Crippen molar-refractivity contribution in [3.05, 3.63) is 0 Å². The molecule has 0 aromatic rings. The summed E-state index contributed by atoms with van der Waals surface area (Å²) in [5.41, 5.74) is 0.0409. The summed E-state index contributed by atoms with van der Waals surface area (Å²) in [7, 11) is 0. The van der Waals surface area contributed by atoms with E-state index >= 15 is 0 Å². The Morgan fingerprint density at radius 2 is 1.58 bits per heavy atom. The van der Waals surface area contributed by atoms with Crippen LogP contribution in [-0.4, -0.2) is 48.6 Å². The fraction of sp³-hybridized carbons (Fsp3) is 0.800. The van der Waals surface area contributed by atoms with Gasteiger partial charge in [-0.15, -0.1) is 0 Å². The molecule has 142 valence electrons. The Hall–Kier alpha value is -1.58. The van der Waals surface area contributed by atoms with Gasteiger partial charge in [0.15, 0.2) is 0 Å². The largest absolute Gasteiger partial charge is 0.456 e. The van der Waals surface area contributed by atoms with E-state index < -0.39 is 11.9 Å². The van der Waals surface area contributed by atoms with E-state index in [9.17, 15) is 9.59 Å². The zero-order valence-electron chi connectivity index (χ0n) is 15.4. The van der Waals surface area contributed by atoms with Crippen LogP contribution in [0.15, 0.2) is 0 Å². The van der Waals surface area contributed by atoms with Gasteiger partial charge in [-0.3, -0.25) is 0 Å². The number of rotatable bonds is 4. The number of epoxide rings is 2. The van der Waals surface area contributed by atoms with Gasteiger partial charge in [-0.1, -0.05) is 0 Å². The molecule has 0 amide bonds. The first kappa shape index (κ1) is 17.8. The van der Waals surface area contributed by atoms with Gasteiger partial charge in [0.05, 0.1) is 36.6 Å². The van der Waals surface area contributed by atoms with Gasteiger partial charge in [-0.05, 0) is 64.2 Å². The lowest BCUT2D eigenvalue weighted by molar-refractivity contribution is -0.140. The van der Waals surface area contributed by atoms with E-state index in [0.717, 1.165) is 38.5 Å². The van der Waals surface area contributed by atoms with Crippen molar-refractivity contribution in [2.75, 3.05) is 13.2 Å². The fourth-order valence-corrected chi connectivity index (χ4v) is 4.47. The third-order valence-corrected chi connectivity index (χ3v) is 6.37. The summed E-state index contributed by atoms with van der Waals surface area (Å²) < 4.78 is 21.6. The number of carbonyl (C=O) groups is 2. The Morgan fingerprint density at radius 3 is 2.23 bits per heavy atom. The average molecular weight is 362 g/mol. The van der Waals surface area contributed by atoms with Gasteiger partial charge in [-0.25, -0.2) is 9.59 Å². The van der Waals surface area contributed by atoms with Crippen molar-refractivity contribution in [1.82, 2.24) is 0 Å². The van der Waals surface area contributed by atoms with Gasteiger partial charge >= 0.3 is 11.9 Å². The molecule has 2 aliphatic heterocycles. The molecule has 0 aromatic carbocycles. The Balaban J connectivity index is 1.13. The van der Waals surface area contributed by atoms with Crippen molar-refractivity contribution in [2.24, 2.45) is 11.8 Å². The molecule has 26 heavy (non-hydrogen) atoms. The molecule has 6 unspecified atom stereocenters. The van der Waals surface area contributed by atoms with E-state index in [1.807, 2.05) is 0 Å². The predicted octanol–water partition coefficient (Wildman–Crippen LogP) is 1.99. The first-order valence-corrected chi connectivity index (χ1v) is 9.57. The van der Waals surface area contributed by atoms with Crippen LogP contribution < -0.4 is 0 Å². The summed E-state index contributed by atoms with van der Waals surface area (Å²) in [6.07, 6.45) is 6.52. The second-order valence-corrected chi connectivity index (χ2v) is 8.57. The maximum absolute atomic E-state index is 11.7. The van der Waals surface area contributed by atoms with E-state index in [2.05, 4.69) is 25.7 Å². The molecule has 2 aliphatic carbocycles. The molecule has 4 aliphatic rings. The molecule has 0 spiro atoms. The Bertz CT molecular complexity index is 663. The number of esters is 2. The molecule has 6 atom stereocenters. The number of hydrogen-bond donors (Lipinski definition) is 0.